The Morgan fingerprint density at radius 3 is 1.31 bits per heavy atom. The Bertz CT molecular complexity index is 1650. The van der Waals surface area contributed by atoms with Crippen LogP contribution in [0.2, 0.25) is 47.2 Å². The first kappa shape index (κ1) is 12.9. The number of hydrogen-bond donors (Lipinski definition) is 0. The number of aryl methyl sites for hydroxylation is 2. The Kier molecular flexibility index (Phi) is 0.674. The molecule has 10 saturated heterocycles. The fourth-order valence-electron chi connectivity index (χ4n) is 19.8. The van der Waals surface area contributed by atoms with Crippen LogP contribution in [0.15, 0.2) is 48.5 Å². The van der Waals surface area contributed by atoms with E-state index < -0.39 is 6.51 Å². The Labute approximate surface area is 159 Å². The normalized spacial score (nSPS) is 76.9. The molecule has 10 fully saturated rings. The summed E-state index contributed by atoms with van der Waals surface area (Å²) in [6.07, 6.45) is 0. The molecular weight excluding hydrogens is 400 g/mol. The SMILES string of the molecule is Cc1ccccc1C(=O)[C]12[CH]3[CH]4[CH]5[CH]1[Fe]45321678[CH]2[CH]1[CH]6[C]7(C(=O)c1ccccc1C)[CH]28. The second kappa shape index (κ2) is 1.52. The van der Waals surface area contributed by atoms with E-state index in [9.17, 15) is 9.59 Å². The predicted octanol–water partition coefficient (Wildman–Crippen LogP) is 6.50. The first-order valence-corrected chi connectivity index (χ1v) is 17.4. The zero-order chi connectivity index (χ0) is 19.1. The van der Waals surface area contributed by atoms with E-state index in [2.05, 4.69) is 38.1 Å². The van der Waals surface area contributed by atoms with Crippen molar-refractivity contribution in [3.05, 3.63) is 70.8 Å². The van der Waals surface area contributed by atoms with Crippen LogP contribution in [0.5, 0.6) is 0 Å². The monoisotopic (exact) mass is 422 g/mol. The van der Waals surface area contributed by atoms with E-state index in [-0.39, 0.29) is 8.63 Å². The predicted molar refractivity (Wildman–Crippen MR) is 106 cm³/mol. The molecule has 3 heteroatoms. The van der Waals surface area contributed by atoms with Crippen LogP contribution < -0.4 is 0 Å². The van der Waals surface area contributed by atoms with Crippen molar-refractivity contribution in [3.63, 3.8) is 0 Å². The van der Waals surface area contributed by atoms with Gasteiger partial charge in [0.1, 0.15) is 0 Å². The summed E-state index contributed by atoms with van der Waals surface area (Å²) >= 11 is 0. The van der Waals surface area contributed by atoms with Crippen LogP contribution in [0.1, 0.15) is 31.8 Å². The molecule has 0 saturated carbocycles. The molecule has 2 aromatic rings. The second-order valence-electron chi connectivity index (χ2n) is 14.1. The van der Waals surface area contributed by atoms with Crippen molar-refractivity contribution in [1.82, 2.24) is 0 Å². The molecule has 29 heavy (non-hydrogen) atoms. The van der Waals surface area contributed by atoms with Gasteiger partial charge in [0.2, 0.25) is 0 Å². The van der Waals surface area contributed by atoms with Crippen molar-refractivity contribution in [2.24, 2.45) is 0 Å². The van der Waals surface area contributed by atoms with E-state index >= 15 is 0 Å². The van der Waals surface area contributed by atoms with Gasteiger partial charge < -0.3 is 0 Å². The van der Waals surface area contributed by atoms with Crippen LogP contribution in [-0.4, -0.2) is 11.6 Å². The van der Waals surface area contributed by atoms with Crippen LogP contribution in [0.25, 0.3) is 0 Å². The van der Waals surface area contributed by atoms with Crippen LogP contribution in [0.3, 0.4) is 0 Å². The van der Waals surface area contributed by atoms with Gasteiger partial charge in [0.15, 0.2) is 0 Å². The molecule has 12 rings (SSSR count). The number of fused-ring (bicyclic) bond motifs is 10. The van der Waals surface area contributed by atoms with Crippen molar-refractivity contribution >= 4 is 11.6 Å². The molecule has 146 valence electrons. The summed E-state index contributed by atoms with van der Waals surface area (Å²) in [4.78, 5) is 35.4. The Morgan fingerprint density at radius 1 is 0.655 bits per heavy atom. The number of benzene rings is 2. The fraction of sp³-hybridized carbons (Fsp3) is 0.462. The molecule has 2 nitrogen and oxygen atoms in total. The molecular formula is C26H22FeO2. The minimum atomic E-state index is -4.15. The molecule has 1 spiro atoms. The standard InChI is InChI=1S/2C13H11O.Fe/c2*1-10-6-2-5-9-12(10)13(14)11-7-3-4-8-11;/h2*2-9H,1H3;. The summed E-state index contributed by atoms with van der Waals surface area (Å²) in [5.41, 5.74) is 4.29. The summed E-state index contributed by atoms with van der Waals surface area (Å²) in [6.45, 7) is 0.0549. The minimum absolute atomic E-state index is 0.0544. The van der Waals surface area contributed by atoms with E-state index in [0.717, 1.165) is 60.8 Å². The van der Waals surface area contributed by atoms with Gasteiger partial charge in [-0.3, -0.25) is 0 Å². The molecule has 10 aliphatic rings. The van der Waals surface area contributed by atoms with Crippen molar-refractivity contribution in [2.75, 3.05) is 0 Å². The average Bonchev–Trinajstić information content (AvgIpc) is 3.67. The topological polar surface area (TPSA) is 34.1 Å². The molecule has 0 bridgehead atoms. The van der Waals surface area contributed by atoms with Gasteiger partial charge >= 0.3 is 159 Å². The molecule has 0 aliphatic carbocycles. The molecule has 0 radical (unpaired) electrons. The molecule has 0 N–H and O–H groups in total. The van der Waals surface area contributed by atoms with Gasteiger partial charge in [-0.25, -0.2) is 0 Å². The Hall–Kier alpha value is -1.70. The van der Waals surface area contributed by atoms with E-state index in [1.807, 2.05) is 24.3 Å². The molecule has 0 aromatic heterocycles. The van der Waals surface area contributed by atoms with Gasteiger partial charge in [0.05, 0.1) is 0 Å². The molecule has 2 aromatic carbocycles. The zero-order valence-electron chi connectivity index (χ0n) is 16.4. The third-order valence-corrected chi connectivity index (χ3v) is 60.9. The van der Waals surface area contributed by atoms with Gasteiger partial charge in [-0.15, -0.1) is 0 Å². The summed E-state index contributed by atoms with van der Waals surface area (Å²) < 4.78 is 0.109. The third-order valence-electron chi connectivity index (χ3n) is 18.3. The van der Waals surface area contributed by atoms with Crippen LogP contribution in [0, 0.1) is 13.8 Å². The van der Waals surface area contributed by atoms with Gasteiger partial charge in [-0.1, -0.05) is 0 Å². The summed E-state index contributed by atoms with van der Waals surface area (Å²) in [5, 5.41) is 0. The van der Waals surface area contributed by atoms with Crippen LogP contribution in [0.4, 0.5) is 0 Å². The number of carbonyl (C=O) groups is 2. The number of hydrogen-bond acceptors (Lipinski definition) is 2. The average molecular weight is 422 g/mol. The first-order chi connectivity index (χ1) is 13.8. The van der Waals surface area contributed by atoms with Gasteiger partial charge in [-0.05, 0) is 0 Å². The third kappa shape index (κ3) is 0.219. The quantitative estimate of drug-likeness (QED) is 0.417. The maximum absolute atomic E-state index is 14.3. The Balaban J connectivity index is 1.21. The Morgan fingerprint density at radius 2 is 1.00 bits per heavy atom. The molecule has 8 unspecified atom stereocenters. The van der Waals surface area contributed by atoms with Crippen molar-refractivity contribution < 1.29 is 16.1 Å². The van der Waals surface area contributed by atoms with Gasteiger partial charge in [0, 0.05) is 0 Å². The van der Waals surface area contributed by atoms with Gasteiger partial charge in [-0.2, -0.15) is 0 Å². The van der Waals surface area contributed by atoms with Crippen molar-refractivity contribution in [3.8, 4) is 0 Å². The molecule has 0 amide bonds. The van der Waals surface area contributed by atoms with Gasteiger partial charge in [0.25, 0.3) is 0 Å². The number of Topliss-reactive ketones (excluding diaryl/α,β-unsaturated/α-hetero) is 2. The summed E-state index contributed by atoms with van der Waals surface area (Å²) in [6, 6.07) is 16.6. The van der Waals surface area contributed by atoms with Crippen molar-refractivity contribution in [1.29, 1.82) is 0 Å². The van der Waals surface area contributed by atoms with E-state index in [1.54, 1.807) is 0 Å². The van der Waals surface area contributed by atoms with Crippen LogP contribution >= 0.6 is 0 Å². The number of rotatable bonds is 4. The zero-order valence-corrected chi connectivity index (χ0v) is 17.5. The van der Waals surface area contributed by atoms with E-state index in [4.69, 9.17) is 0 Å². The number of carbonyl (C=O) groups excluding carboxylic acids is 2. The molecule has 8 atom stereocenters. The van der Waals surface area contributed by atoms with Crippen LogP contribution in [-0.2, 0) is 6.51 Å². The second-order valence-corrected chi connectivity index (χ2v) is 37.3. The first-order valence-electron chi connectivity index (χ1n) is 11.2. The summed E-state index contributed by atoms with van der Waals surface area (Å²) in [5.74, 6) is 1.05. The molecule has 10 heterocycles. The fourth-order valence-corrected chi connectivity index (χ4v) is 95.2. The van der Waals surface area contributed by atoms with E-state index in [0.29, 0.717) is 11.6 Å². The number of ketones is 2. The van der Waals surface area contributed by atoms with E-state index in [1.165, 1.54) is 0 Å². The molecule has 10 aliphatic heterocycles. The maximum atomic E-state index is 14.3. The summed E-state index contributed by atoms with van der Waals surface area (Å²) in [7, 11) is 0. The van der Waals surface area contributed by atoms with Crippen molar-refractivity contribution in [2.45, 2.75) is 61.0 Å².